The number of nitrogens with zero attached hydrogens (tertiary/aromatic N) is 1. The zero-order chi connectivity index (χ0) is 17.9. The van der Waals surface area contributed by atoms with E-state index in [4.69, 9.17) is 12.2 Å². The predicted molar refractivity (Wildman–Crippen MR) is 108 cm³/mol. The number of hydrogen-bond donors (Lipinski definition) is 2. The van der Waals surface area contributed by atoms with E-state index in [1.165, 1.54) is 32.1 Å². The zero-order valence-electron chi connectivity index (χ0n) is 15.4. The van der Waals surface area contributed by atoms with Crippen molar-refractivity contribution in [1.82, 2.24) is 15.5 Å². The molecule has 2 N–H and O–H groups in total. The van der Waals surface area contributed by atoms with Gasteiger partial charge in [0.15, 0.2) is 5.11 Å². The summed E-state index contributed by atoms with van der Waals surface area (Å²) in [6.07, 6.45) is 8.88. The highest BCUT2D eigenvalue weighted by atomic mass is 32.1. The van der Waals surface area contributed by atoms with Gasteiger partial charge in [-0.2, -0.15) is 0 Å². The molecule has 1 saturated heterocycles. The summed E-state index contributed by atoms with van der Waals surface area (Å²) in [5.41, 5.74) is 1.89. The van der Waals surface area contributed by atoms with Gasteiger partial charge in [0.1, 0.15) is 0 Å². The lowest BCUT2D eigenvalue weighted by Gasteiger charge is -2.27. The Morgan fingerprint density at radius 3 is 2.73 bits per heavy atom. The van der Waals surface area contributed by atoms with Crippen molar-refractivity contribution in [3.05, 3.63) is 35.4 Å². The maximum Gasteiger partial charge on any atom is 0.253 e. The molecule has 2 aliphatic carbocycles. The maximum atomic E-state index is 12.7. The quantitative estimate of drug-likeness (QED) is 0.796. The summed E-state index contributed by atoms with van der Waals surface area (Å²) in [6.45, 7) is 2.44. The van der Waals surface area contributed by atoms with Crippen LogP contribution < -0.4 is 10.6 Å². The fourth-order valence-electron chi connectivity index (χ4n) is 4.92. The Hall–Kier alpha value is -1.62. The Morgan fingerprint density at radius 1 is 1.15 bits per heavy atom. The van der Waals surface area contributed by atoms with Crippen LogP contribution in [0.15, 0.2) is 24.3 Å². The van der Waals surface area contributed by atoms with Gasteiger partial charge in [-0.1, -0.05) is 18.6 Å². The Morgan fingerprint density at radius 2 is 2.00 bits per heavy atom. The van der Waals surface area contributed by atoms with E-state index in [0.29, 0.717) is 12.6 Å². The smallest absolute Gasteiger partial charge is 0.253 e. The van der Waals surface area contributed by atoms with Crippen LogP contribution in [0.25, 0.3) is 0 Å². The predicted octanol–water partition coefficient (Wildman–Crippen LogP) is 3.47. The van der Waals surface area contributed by atoms with Gasteiger partial charge in [0.25, 0.3) is 5.91 Å². The molecule has 2 bridgehead atoms. The number of hydrogen-bond acceptors (Lipinski definition) is 2. The van der Waals surface area contributed by atoms with Gasteiger partial charge in [0.05, 0.1) is 0 Å². The van der Waals surface area contributed by atoms with Crippen molar-refractivity contribution in [3.8, 4) is 0 Å². The molecule has 0 aromatic heterocycles. The van der Waals surface area contributed by atoms with Crippen molar-refractivity contribution >= 4 is 23.2 Å². The van der Waals surface area contributed by atoms with Crippen LogP contribution in [0, 0.1) is 11.8 Å². The van der Waals surface area contributed by atoms with Gasteiger partial charge in [-0.25, -0.2) is 0 Å². The summed E-state index contributed by atoms with van der Waals surface area (Å²) in [7, 11) is 0. The summed E-state index contributed by atoms with van der Waals surface area (Å²) in [4.78, 5) is 14.6. The lowest BCUT2D eigenvalue weighted by atomic mass is 9.96. The molecule has 1 aromatic rings. The highest BCUT2D eigenvalue weighted by Crippen LogP contribution is 2.44. The Labute approximate surface area is 161 Å². The molecular weight excluding hydrogens is 342 g/mol. The van der Waals surface area contributed by atoms with Crippen LogP contribution in [0.2, 0.25) is 0 Å². The molecule has 3 fully saturated rings. The maximum absolute atomic E-state index is 12.7. The topological polar surface area (TPSA) is 44.4 Å². The van der Waals surface area contributed by atoms with Crippen molar-refractivity contribution < 1.29 is 4.79 Å². The average Bonchev–Trinajstić information content (AvgIpc) is 3.30. The fourth-order valence-corrected chi connectivity index (χ4v) is 5.14. The number of amides is 1. The van der Waals surface area contributed by atoms with Crippen molar-refractivity contribution in [2.45, 2.75) is 57.5 Å². The van der Waals surface area contributed by atoms with Gasteiger partial charge in [-0.05, 0) is 80.3 Å². The molecule has 26 heavy (non-hydrogen) atoms. The van der Waals surface area contributed by atoms with Crippen LogP contribution in [0.1, 0.15) is 60.9 Å². The molecule has 1 amide bonds. The minimum atomic E-state index is 0.161. The van der Waals surface area contributed by atoms with Crippen molar-refractivity contribution in [3.63, 3.8) is 0 Å². The number of carbonyl (C=O) groups is 1. The van der Waals surface area contributed by atoms with Crippen molar-refractivity contribution in [1.29, 1.82) is 0 Å². The number of likely N-dealkylation sites (tertiary alicyclic amines) is 1. The van der Waals surface area contributed by atoms with Gasteiger partial charge in [-0.15, -0.1) is 0 Å². The monoisotopic (exact) mass is 371 g/mol. The molecule has 0 radical (unpaired) electrons. The summed E-state index contributed by atoms with van der Waals surface area (Å²) >= 11 is 5.49. The molecule has 4 rings (SSSR count). The lowest BCUT2D eigenvalue weighted by molar-refractivity contribution is 0.0724. The Bertz CT molecular complexity index is 671. The minimum Gasteiger partial charge on any atom is -0.360 e. The second-order valence-electron chi connectivity index (χ2n) is 8.16. The van der Waals surface area contributed by atoms with Crippen LogP contribution in [0.3, 0.4) is 0 Å². The SMILES string of the molecule is O=C(c1cccc(CNC(=S)NC2CC3CCC2C3)c1)N1CCCCC1. The van der Waals surface area contributed by atoms with Gasteiger partial charge in [-0.3, -0.25) is 4.79 Å². The number of thiocarbonyl (C=S) groups is 1. The number of rotatable bonds is 4. The molecule has 3 unspecified atom stereocenters. The van der Waals surface area contributed by atoms with Gasteiger partial charge < -0.3 is 15.5 Å². The summed E-state index contributed by atoms with van der Waals surface area (Å²) in [6, 6.07) is 8.51. The van der Waals surface area contributed by atoms with E-state index in [-0.39, 0.29) is 5.91 Å². The van der Waals surface area contributed by atoms with E-state index in [2.05, 4.69) is 16.7 Å². The Kier molecular flexibility index (Phi) is 5.44. The van der Waals surface area contributed by atoms with Crippen LogP contribution >= 0.6 is 12.2 Å². The second kappa shape index (κ2) is 7.95. The molecule has 1 aromatic carbocycles. The molecule has 1 heterocycles. The largest absolute Gasteiger partial charge is 0.360 e. The van der Waals surface area contributed by atoms with Crippen LogP contribution in [-0.2, 0) is 6.54 Å². The average molecular weight is 372 g/mol. The molecule has 1 aliphatic heterocycles. The third-order valence-corrected chi connectivity index (χ3v) is 6.59. The number of nitrogens with one attached hydrogen (secondary N) is 2. The summed E-state index contributed by atoms with van der Waals surface area (Å²) in [5, 5.41) is 7.59. The van der Waals surface area contributed by atoms with Crippen LogP contribution in [0.4, 0.5) is 0 Å². The molecule has 4 nitrogen and oxygen atoms in total. The van der Waals surface area contributed by atoms with E-state index < -0.39 is 0 Å². The van der Waals surface area contributed by atoms with Crippen LogP contribution in [0.5, 0.6) is 0 Å². The number of piperidine rings is 1. The third kappa shape index (κ3) is 4.03. The van der Waals surface area contributed by atoms with E-state index in [1.807, 2.05) is 23.1 Å². The van der Waals surface area contributed by atoms with Gasteiger partial charge in [0, 0.05) is 31.2 Å². The normalized spacial score (nSPS) is 27.4. The lowest BCUT2D eigenvalue weighted by Crippen LogP contribution is -2.44. The molecule has 3 aliphatic rings. The van der Waals surface area contributed by atoms with Crippen LogP contribution in [-0.4, -0.2) is 35.1 Å². The van der Waals surface area contributed by atoms with E-state index in [9.17, 15) is 4.79 Å². The van der Waals surface area contributed by atoms with Gasteiger partial charge in [0.2, 0.25) is 0 Å². The molecule has 2 saturated carbocycles. The third-order valence-electron chi connectivity index (χ3n) is 6.32. The standard InChI is InChI=1S/C21H29N3OS/c25-20(24-9-2-1-3-10-24)18-6-4-5-16(12-18)14-22-21(26)23-19-13-15-7-8-17(19)11-15/h4-6,12,15,17,19H,1-3,7-11,13-14H2,(H2,22,23,26). The number of fused-ring (bicyclic) bond motifs is 2. The molecule has 5 heteroatoms. The van der Waals surface area contributed by atoms with E-state index in [1.54, 1.807) is 0 Å². The molecule has 3 atom stereocenters. The number of carbonyl (C=O) groups excluding carboxylic acids is 1. The highest BCUT2D eigenvalue weighted by Gasteiger charge is 2.39. The first-order valence-electron chi connectivity index (χ1n) is 10.1. The van der Waals surface area contributed by atoms with Gasteiger partial charge >= 0.3 is 0 Å². The first kappa shape index (κ1) is 17.8. The first-order chi connectivity index (χ1) is 12.7. The summed E-state index contributed by atoms with van der Waals surface area (Å²) in [5.74, 6) is 1.89. The van der Waals surface area contributed by atoms with Crippen molar-refractivity contribution in [2.75, 3.05) is 13.1 Å². The minimum absolute atomic E-state index is 0.161. The second-order valence-corrected chi connectivity index (χ2v) is 8.57. The van der Waals surface area contributed by atoms with Crippen molar-refractivity contribution in [2.24, 2.45) is 11.8 Å². The summed E-state index contributed by atoms with van der Waals surface area (Å²) < 4.78 is 0. The van der Waals surface area contributed by atoms with E-state index in [0.717, 1.165) is 54.0 Å². The number of benzene rings is 1. The molecule has 140 valence electrons. The van der Waals surface area contributed by atoms with E-state index >= 15 is 0 Å². The zero-order valence-corrected chi connectivity index (χ0v) is 16.2. The highest BCUT2D eigenvalue weighted by molar-refractivity contribution is 7.80. The fraction of sp³-hybridized carbons (Fsp3) is 0.619. The first-order valence-corrected chi connectivity index (χ1v) is 10.5. The molecular formula is C21H29N3OS. The Balaban J connectivity index is 1.29. The molecule has 0 spiro atoms.